The van der Waals surface area contributed by atoms with Crippen molar-refractivity contribution in [3.63, 3.8) is 0 Å². The summed E-state index contributed by atoms with van der Waals surface area (Å²) in [4.78, 5) is 12.2. The van der Waals surface area contributed by atoms with Crippen molar-refractivity contribution < 1.29 is 23.0 Å². The summed E-state index contributed by atoms with van der Waals surface area (Å²) in [6.07, 6.45) is 0. The molecule has 8 nitrogen and oxygen atoms in total. The lowest BCUT2D eigenvalue weighted by atomic mass is 10.2. The number of thioether (sulfide) groups is 1. The molecule has 1 amide bonds. The molecule has 4 aromatic rings. The van der Waals surface area contributed by atoms with Crippen LogP contribution in [0.15, 0.2) is 53.6 Å². The minimum Gasteiger partial charge on any atom is -0.493 e. The number of halogens is 2. The van der Waals surface area contributed by atoms with Gasteiger partial charge >= 0.3 is 0 Å². The van der Waals surface area contributed by atoms with Gasteiger partial charge < -0.3 is 14.8 Å². The van der Waals surface area contributed by atoms with E-state index < -0.39 is 11.6 Å². The minimum absolute atomic E-state index is 0.0192. The highest BCUT2D eigenvalue weighted by molar-refractivity contribution is 7.99. The zero-order valence-electron chi connectivity index (χ0n) is 17.0. The highest BCUT2D eigenvalue weighted by Gasteiger charge is 2.14. The molecule has 32 heavy (non-hydrogen) atoms. The molecule has 1 N–H and O–H groups in total. The van der Waals surface area contributed by atoms with Crippen molar-refractivity contribution in [3.8, 4) is 22.9 Å². The summed E-state index contributed by atoms with van der Waals surface area (Å²) in [5.41, 5.74) is 1.43. The van der Waals surface area contributed by atoms with Gasteiger partial charge in [-0.05, 0) is 42.5 Å². The molecule has 0 spiro atoms. The van der Waals surface area contributed by atoms with E-state index in [0.29, 0.717) is 28.0 Å². The van der Waals surface area contributed by atoms with Crippen LogP contribution in [0.5, 0.6) is 11.5 Å². The van der Waals surface area contributed by atoms with E-state index in [1.54, 1.807) is 43.0 Å². The number of nitrogens with zero attached hydrogens (tertiary/aromatic N) is 4. The second-order valence-corrected chi connectivity index (χ2v) is 7.50. The van der Waals surface area contributed by atoms with Crippen LogP contribution in [0.2, 0.25) is 0 Å². The van der Waals surface area contributed by atoms with E-state index in [4.69, 9.17) is 9.47 Å². The minimum atomic E-state index is -1.03. The van der Waals surface area contributed by atoms with Crippen LogP contribution in [0.4, 0.5) is 14.5 Å². The van der Waals surface area contributed by atoms with Gasteiger partial charge in [-0.25, -0.2) is 8.78 Å². The summed E-state index contributed by atoms with van der Waals surface area (Å²) >= 11 is 1.18. The molecule has 0 atom stereocenters. The zero-order valence-corrected chi connectivity index (χ0v) is 17.8. The summed E-state index contributed by atoms with van der Waals surface area (Å²) < 4.78 is 38.5. The van der Waals surface area contributed by atoms with Crippen LogP contribution >= 0.6 is 11.8 Å². The monoisotopic (exact) mass is 457 g/mol. The number of hydrogen-bond donors (Lipinski definition) is 1. The Hall–Kier alpha value is -3.73. The average molecular weight is 457 g/mol. The number of amides is 1. The Balaban J connectivity index is 1.51. The normalized spacial score (nSPS) is 10.9. The Labute approximate surface area is 185 Å². The van der Waals surface area contributed by atoms with Crippen molar-refractivity contribution >= 4 is 29.0 Å². The maximum absolute atomic E-state index is 13.3. The lowest BCUT2D eigenvalue weighted by Gasteiger charge is -2.09. The third-order valence-corrected chi connectivity index (χ3v) is 5.35. The maximum Gasteiger partial charge on any atom is 0.234 e. The average Bonchev–Trinajstić information content (AvgIpc) is 3.23. The SMILES string of the molecule is COc1ccc(-c2nnc3ccc(SCC(=O)Nc4ccc(F)c(F)c4)nn23)cc1OC. The largest absolute Gasteiger partial charge is 0.493 e. The third kappa shape index (κ3) is 4.47. The smallest absolute Gasteiger partial charge is 0.234 e. The van der Waals surface area contributed by atoms with Crippen LogP contribution in [-0.2, 0) is 4.79 Å². The van der Waals surface area contributed by atoms with E-state index in [9.17, 15) is 13.6 Å². The first-order valence-electron chi connectivity index (χ1n) is 9.31. The van der Waals surface area contributed by atoms with Gasteiger partial charge in [0.05, 0.1) is 20.0 Å². The quantitative estimate of drug-likeness (QED) is 0.422. The van der Waals surface area contributed by atoms with Crippen LogP contribution in [0.3, 0.4) is 0 Å². The maximum atomic E-state index is 13.3. The molecule has 0 bridgehead atoms. The number of benzene rings is 2. The van der Waals surface area contributed by atoms with Gasteiger partial charge in [0.25, 0.3) is 0 Å². The fourth-order valence-electron chi connectivity index (χ4n) is 2.91. The van der Waals surface area contributed by atoms with Crippen LogP contribution < -0.4 is 14.8 Å². The molecule has 2 heterocycles. The summed E-state index contributed by atoms with van der Waals surface area (Å²) in [5.74, 6) is -0.749. The van der Waals surface area contributed by atoms with Crippen LogP contribution in [0.25, 0.3) is 17.0 Å². The Morgan fingerprint density at radius 1 is 1.00 bits per heavy atom. The van der Waals surface area contributed by atoms with Gasteiger partial charge in [0.15, 0.2) is 34.6 Å². The summed E-state index contributed by atoms with van der Waals surface area (Å²) in [7, 11) is 3.10. The second kappa shape index (κ2) is 9.18. The summed E-state index contributed by atoms with van der Waals surface area (Å²) in [6, 6.07) is 12.0. The van der Waals surface area contributed by atoms with Gasteiger partial charge in [-0.1, -0.05) is 11.8 Å². The number of anilines is 1. The molecule has 0 fully saturated rings. The first-order valence-corrected chi connectivity index (χ1v) is 10.3. The van der Waals surface area contributed by atoms with E-state index in [1.165, 1.54) is 17.8 Å². The van der Waals surface area contributed by atoms with E-state index in [0.717, 1.165) is 17.7 Å². The molecule has 164 valence electrons. The molecule has 4 rings (SSSR count). The van der Waals surface area contributed by atoms with Crippen LogP contribution in [-0.4, -0.2) is 45.7 Å². The van der Waals surface area contributed by atoms with Gasteiger partial charge in [-0.3, -0.25) is 4.79 Å². The molecule has 0 saturated heterocycles. The van der Waals surface area contributed by atoms with Crippen molar-refractivity contribution in [2.75, 3.05) is 25.3 Å². The molecule has 0 radical (unpaired) electrons. The van der Waals surface area contributed by atoms with Gasteiger partial charge in [0.2, 0.25) is 5.91 Å². The van der Waals surface area contributed by atoms with Gasteiger partial charge in [-0.2, -0.15) is 9.61 Å². The first kappa shape index (κ1) is 21.5. The number of methoxy groups -OCH3 is 2. The van der Waals surface area contributed by atoms with Crippen molar-refractivity contribution in [2.24, 2.45) is 0 Å². The lowest BCUT2D eigenvalue weighted by Crippen LogP contribution is -2.14. The number of ether oxygens (including phenoxy) is 2. The fourth-order valence-corrected chi connectivity index (χ4v) is 3.57. The summed E-state index contributed by atoms with van der Waals surface area (Å²) in [6.45, 7) is 0. The molecule has 0 aliphatic rings. The van der Waals surface area contributed by atoms with Crippen LogP contribution in [0, 0.1) is 11.6 Å². The number of fused-ring (bicyclic) bond motifs is 1. The molecule has 2 aromatic heterocycles. The molecule has 11 heteroatoms. The molecular formula is C21H17F2N5O3S. The molecule has 0 aliphatic heterocycles. The number of rotatable bonds is 7. The number of hydrogen-bond acceptors (Lipinski definition) is 7. The third-order valence-electron chi connectivity index (χ3n) is 4.43. The number of aromatic nitrogens is 4. The lowest BCUT2D eigenvalue weighted by molar-refractivity contribution is -0.113. The molecule has 2 aromatic carbocycles. The predicted octanol–water partition coefficient (Wildman–Crippen LogP) is 3.82. The van der Waals surface area contributed by atoms with Gasteiger partial charge in [0, 0.05) is 17.3 Å². The fraction of sp³-hybridized carbons (Fsp3) is 0.143. The Kier molecular flexibility index (Phi) is 6.17. The molecule has 0 unspecified atom stereocenters. The molecule has 0 saturated carbocycles. The first-order chi connectivity index (χ1) is 15.5. The Morgan fingerprint density at radius 2 is 1.81 bits per heavy atom. The van der Waals surface area contributed by atoms with Crippen molar-refractivity contribution in [3.05, 3.63) is 60.2 Å². The number of carbonyl (C=O) groups excluding carboxylic acids is 1. The Bertz CT molecular complexity index is 1300. The van der Waals surface area contributed by atoms with E-state index in [2.05, 4.69) is 20.6 Å². The van der Waals surface area contributed by atoms with Crippen molar-refractivity contribution in [2.45, 2.75) is 5.03 Å². The summed E-state index contributed by atoms with van der Waals surface area (Å²) in [5, 5.41) is 15.9. The van der Waals surface area contributed by atoms with E-state index in [1.807, 2.05) is 6.07 Å². The standard InChI is InChI=1S/C21H17F2N5O3S/c1-30-16-6-3-12(9-17(16)31-2)21-26-25-18-7-8-20(27-28(18)21)32-11-19(29)24-13-4-5-14(22)15(23)10-13/h3-10H,11H2,1-2H3,(H,24,29). The van der Waals surface area contributed by atoms with Crippen molar-refractivity contribution in [1.82, 2.24) is 19.8 Å². The van der Waals surface area contributed by atoms with Crippen molar-refractivity contribution in [1.29, 1.82) is 0 Å². The highest BCUT2D eigenvalue weighted by Crippen LogP contribution is 2.31. The highest BCUT2D eigenvalue weighted by atomic mass is 32.2. The second-order valence-electron chi connectivity index (χ2n) is 6.50. The molecular weight excluding hydrogens is 440 g/mol. The van der Waals surface area contributed by atoms with Gasteiger partial charge in [0.1, 0.15) is 5.03 Å². The van der Waals surface area contributed by atoms with Crippen LogP contribution in [0.1, 0.15) is 0 Å². The van der Waals surface area contributed by atoms with E-state index in [-0.39, 0.29) is 17.3 Å². The van der Waals surface area contributed by atoms with Gasteiger partial charge in [-0.15, -0.1) is 10.2 Å². The van der Waals surface area contributed by atoms with E-state index >= 15 is 0 Å². The number of nitrogens with one attached hydrogen (secondary N) is 1. The molecule has 0 aliphatic carbocycles. The Morgan fingerprint density at radius 3 is 2.56 bits per heavy atom. The topological polar surface area (TPSA) is 90.6 Å². The number of carbonyl (C=O) groups is 1. The zero-order chi connectivity index (χ0) is 22.7. The predicted molar refractivity (Wildman–Crippen MR) is 115 cm³/mol.